The number of anilines is 1. The Balaban J connectivity index is 1.59. The van der Waals surface area contributed by atoms with E-state index in [1.165, 1.54) is 18.2 Å². The Morgan fingerprint density at radius 2 is 1.97 bits per heavy atom. The topological polar surface area (TPSA) is 128 Å². The van der Waals surface area contributed by atoms with Gasteiger partial charge in [-0.1, -0.05) is 6.07 Å². The summed E-state index contributed by atoms with van der Waals surface area (Å²) in [7, 11) is 0. The second-order valence-corrected chi connectivity index (χ2v) is 7.51. The molecule has 0 radical (unpaired) electrons. The lowest BCUT2D eigenvalue weighted by Crippen LogP contribution is -2.12. The summed E-state index contributed by atoms with van der Waals surface area (Å²) in [6.45, 7) is 5.86. The highest BCUT2D eigenvalue weighted by Gasteiger charge is 2.20. The predicted octanol–water partition coefficient (Wildman–Crippen LogP) is 5.38. The first kappa shape index (κ1) is 21.8. The number of amides is 1. The fourth-order valence-electron chi connectivity index (χ4n) is 3.56. The molecule has 4 rings (SSSR count). The van der Waals surface area contributed by atoms with Crippen molar-refractivity contribution in [3.8, 4) is 23.0 Å². The third-order valence-electron chi connectivity index (χ3n) is 5.02. The van der Waals surface area contributed by atoms with Crippen molar-refractivity contribution >= 4 is 28.4 Å². The molecule has 168 valence electrons. The Labute approximate surface area is 188 Å². The number of nitro groups is 1. The number of ether oxygens (including phenoxy) is 1. The summed E-state index contributed by atoms with van der Waals surface area (Å²) in [5.74, 6) is -0.353. The van der Waals surface area contributed by atoms with Gasteiger partial charge in [-0.05, 0) is 62.2 Å². The van der Waals surface area contributed by atoms with Crippen LogP contribution in [0.15, 0.2) is 52.9 Å². The van der Waals surface area contributed by atoms with Gasteiger partial charge in [0.25, 0.3) is 5.91 Å². The van der Waals surface area contributed by atoms with Crippen LogP contribution in [0.2, 0.25) is 0 Å². The highest BCUT2D eigenvalue weighted by Crippen LogP contribution is 2.34. The second-order valence-electron chi connectivity index (χ2n) is 7.51. The third kappa shape index (κ3) is 4.33. The quantitative estimate of drug-likeness (QED) is 0.300. The molecule has 0 atom stereocenters. The number of carbonyl (C=O) groups excluding carboxylic acids is 1. The lowest BCUT2D eigenvalue weighted by atomic mass is 10.1. The number of oxazole rings is 1. The van der Waals surface area contributed by atoms with E-state index in [0.29, 0.717) is 22.4 Å². The van der Waals surface area contributed by atoms with E-state index >= 15 is 0 Å². The van der Waals surface area contributed by atoms with Crippen LogP contribution in [0, 0.1) is 24.0 Å². The Morgan fingerprint density at radius 3 is 2.67 bits per heavy atom. The maximum Gasteiger partial charge on any atom is 0.311 e. The van der Waals surface area contributed by atoms with Crippen molar-refractivity contribution in [2.24, 2.45) is 0 Å². The SMILES string of the molecule is CCOc1ccc(C(=O)Nc2ccc(-c3nc4cc(C)cc(C)c4o3)c(O)c2)cc1[N+](=O)[O-]. The van der Waals surface area contributed by atoms with Crippen LogP contribution in [0.1, 0.15) is 28.4 Å². The zero-order valence-electron chi connectivity index (χ0n) is 18.2. The fourth-order valence-corrected chi connectivity index (χ4v) is 3.56. The Morgan fingerprint density at radius 1 is 1.18 bits per heavy atom. The van der Waals surface area contributed by atoms with E-state index in [-0.39, 0.29) is 35.2 Å². The van der Waals surface area contributed by atoms with Gasteiger partial charge in [0, 0.05) is 23.4 Å². The van der Waals surface area contributed by atoms with Gasteiger partial charge in [0.05, 0.1) is 17.1 Å². The smallest absolute Gasteiger partial charge is 0.311 e. The lowest BCUT2D eigenvalue weighted by molar-refractivity contribution is -0.385. The summed E-state index contributed by atoms with van der Waals surface area (Å²) in [6.07, 6.45) is 0. The van der Waals surface area contributed by atoms with Crippen molar-refractivity contribution in [3.63, 3.8) is 0 Å². The van der Waals surface area contributed by atoms with E-state index in [2.05, 4.69) is 10.3 Å². The number of hydrogen-bond donors (Lipinski definition) is 2. The average Bonchev–Trinajstić information content (AvgIpc) is 3.18. The summed E-state index contributed by atoms with van der Waals surface area (Å²) in [6, 6.07) is 12.4. The fraction of sp³-hybridized carbons (Fsp3) is 0.167. The maximum absolute atomic E-state index is 12.6. The molecular formula is C24H21N3O6. The van der Waals surface area contributed by atoms with Gasteiger partial charge in [0.15, 0.2) is 11.3 Å². The molecule has 0 saturated carbocycles. The minimum atomic E-state index is -0.605. The van der Waals surface area contributed by atoms with Gasteiger partial charge in [-0.2, -0.15) is 0 Å². The van der Waals surface area contributed by atoms with Crippen molar-refractivity contribution < 1.29 is 24.0 Å². The van der Waals surface area contributed by atoms with Crippen molar-refractivity contribution in [1.82, 2.24) is 4.98 Å². The second kappa shape index (κ2) is 8.62. The molecule has 2 N–H and O–H groups in total. The van der Waals surface area contributed by atoms with E-state index < -0.39 is 10.8 Å². The van der Waals surface area contributed by atoms with Crippen LogP contribution in [-0.4, -0.2) is 27.5 Å². The molecule has 0 fully saturated rings. The summed E-state index contributed by atoms with van der Waals surface area (Å²) < 4.78 is 11.1. The van der Waals surface area contributed by atoms with E-state index in [0.717, 1.165) is 17.2 Å². The maximum atomic E-state index is 12.6. The number of aromatic nitrogens is 1. The lowest BCUT2D eigenvalue weighted by Gasteiger charge is -2.09. The van der Waals surface area contributed by atoms with Crippen molar-refractivity contribution in [1.29, 1.82) is 0 Å². The van der Waals surface area contributed by atoms with Gasteiger partial charge in [-0.25, -0.2) is 4.98 Å². The molecule has 1 aromatic heterocycles. The van der Waals surface area contributed by atoms with Gasteiger partial charge in [0.2, 0.25) is 5.89 Å². The highest BCUT2D eigenvalue weighted by atomic mass is 16.6. The molecule has 3 aromatic carbocycles. The summed E-state index contributed by atoms with van der Waals surface area (Å²) >= 11 is 0. The van der Waals surface area contributed by atoms with Crippen molar-refractivity contribution in [3.05, 3.63) is 75.3 Å². The van der Waals surface area contributed by atoms with E-state index in [1.807, 2.05) is 26.0 Å². The molecule has 0 saturated heterocycles. The molecule has 1 amide bonds. The van der Waals surface area contributed by atoms with Gasteiger partial charge >= 0.3 is 5.69 Å². The number of nitrogens with one attached hydrogen (secondary N) is 1. The molecule has 0 aliphatic carbocycles. The molecule has 0 aliphatic heterocycles. The van der Waals surface area contributed by atoms with Crippen LogP contribution >= 0.6 is 0 Å². The molecule has 0 aliphatic rings. The number of carbonyl (C=O) groups is 1. The Bertz CT molecular complexity index is 1390. The number of aryl methyl sites for hydroxylation is 2. The first-order valence-corrected chi connectivity index (χ1v) is 10.2. The third-order valence-corrected chi connectivity index (χ3v) is 5.02. The number of aromatic hydroxyl groups is 1. The van der Waals surface area contributed by atoms with Crippen LogP contribution < -0.4 is 10.1 Å². The minimum absolute atomic E-state index is 0.0820. The number of rotatable bonds is 6. The Hall–Kier alpha value is -4.40. The molecule has 33 heavy (non-hydrogen) atoms. The zero-order chi connectivity index (χ0) is 23.7. The summed E-state index contributed by atoms with van der Waals surface area (Å²) in [5, 5.41) is 24.5. The van der Waals surface area contributed by atoms with Gasteiger partial charge in [0.1, 0.15) is 11.3 Å². The normalized spacial score (nSPS) is 10.9. The molecule has 0 bridgehead atoms. The number of phenolic OH excluding ortho intramolecular Hbond substituents is 1. The number of benzene rings is 3. The van der Waals surface area contributed by atoms with Crippen LogP contribution in [0.3, 0.4) is 0 Å². The number of hydrogen-bond acceptors (Lipinski definition) is 7. The molecule has 9 nitrogen and oxygen atoms in total. The zero-order valence-corrected chi connectivity index (χ0v) is 18.2. The van der Waals surface area contributed by atoms with Gasteiger partial charge < -0.3 is 19.6 Å². The van der Waals surface area contributed by atoms with Crippen LogP contribution in [0.4, 0.5) is 11.4 Å². The summed E-state index contributed by atoms with van der Waals surface area (Å²) in [5.41, 5.74) is 3.79. The first-order chi connectivity index (χ1) is 15.8. The molecule has 9 heteroatoms. The molecular weight excluding hydrogens is 426 g/mol. The van der Waals surface area contributed by atoms with Crippen molar-refractivity contribution in [2.75, 3.05) is 11.9 Å². The van der Waals surface area contributed by atoms with Gasteiger partial charge in [-0.15, -0.1) is 0 Å². The van der Waals surface area contributed by atoms with Crippen LogP contribution in [0.25, 0.3) is 22.6 Å². The van der Waals surface area contributed by atoms with E-state index in [9.17, 15) is 20.0 Å². The van der Waals surface area contributed by atoms with E-state index in [4.69, 9.17) is 9.15 Å². The highest BCUT2D eigenvalue weighted by molar-refractivity contribution is 6.05. The molecule has 4 aromatic rings. The Kier molecular flexibility index (Phi) is 5.70. The van der Waals surface area contributed by atoms with Crippen LogP contribution in [0.5, 0.6) is 11.5 Å². The van der Waals surface area contributed by atoms with Crippen molar-refractivity contribution in [2.45, 2.75) is 20.8 Å². The molecule has 0 spiro atoms. The monoisotopic (exact) mass is 447 g/mol. The molecule has 0 unspecified atom stereocenters. The van der Waals surface area contributed by atoms with E-state index in [1.54, 1.807) is 19.1 Å². The average molecular weight is 447 g/mol. The van der Waals surface area contributed by atoms with Crippen LogP contribution in [-0.2, 0) is 0 Å². The van der Waals surface area contributed by atoms with Gasteiger partial charge in [-0.3, -0.25) is 14.9 Å². The minimum Gasteiger partial charge on any atom is -0.507 e. The number of phenols is 1. The number of nitro benzene ring substituents is 1. The number of nitrogens with zero attached hydrogens (tertiary/aromatic N) is 2. The number of fused-ring (bicyclic) bond motifs is 1. The predicted molar refractivity (Wildman–Crippen MR) is 123 cm³/mol. The summed E-state index contributed by atoms with van der Waals surface area (Å²) in [4.78, 5) is 27.8. The first-order valence-electron chi connectivity index (χ1n) is 10.2. The molecule has 1 heterocycles. The largest absolute Gasteiger partial charge is 0.507 e. The standard InChI is InChI=1S/C24H21N3O6/c1-4-32-21-8-5-15(11-19(21)27(30)31)23(29)25-16-6-7-17(20(28)12-16)24-26-18-10-13(2)9-14(3)22(18)33-24/h5-12,28H,4H2,1-3H3,(H,25,29).